The molecule has 0 heterocycles. The first-order valence-corrected chi connectivity index (χ1v) is 6.31. The van der Waals surface area contributed by atoms with Crippen LogP contribution in [0.3, 0.4) is 0 Å². The molecule has 0 saturated heterocycles. The van der Waals surface area contributed by atoms with Crippen LogP contribution in [0.4, 0.5) is 14.5 Å². The maximum absolute atomic E-state index is 14.1. The van der Waals surface area contributed by atoms with E-state index in [0.717, 1.165) is 0 Å². The maximum atomic E-state index is 14.1. The second-order valence-electron chi connectivity index (χ2n) is 4.42. The molecule has 20 heavy (non-hydrogen) atoms. The van der Waals surface area contributed by atoms with Gasteiger partial charge in [0.15, 0.2) is 11.6 Å². The molecular weight excluding hydrogens is 286 g/mol. The second-order valence-corrected chi connectivity index (χ2v) is 4.86. The highest BCUT2D eigenvalue weighted by Gasteiger charge is 2.22. The molecule has 0 fully saturated rings. The Kier molecular flexibility index (Phi) is 5.38. The zero-order valence-electron chi connectivity index (χ0n) is 11.4. The Labute approximate surface area is 121 Å². The lowest BCUT2D eigenvalue weighted by Gasteiger charge is -2.28. The van der Waals surface area contributed by atoms with Crippen molar-refractivity contribution >= 4 is 28.9 Å². The summed E-state index contributed by atoms with van der Waals surface area (Å²) in [5.74, 6) is -2.75. The third-order valence-electron chi connectivity index (χ3n) is 2.79. The van der Waals surface area contributed by atoms with E-state index in [2.05, 4.69) is 17.0 Å². The van der Waals surface area contributed by atoms with Crippen LogP contribution in [0.2, 0.25) is 0 Å². The molecule has 1 aromatic rings. The summed E-state index contributed by atoms with van der Waals surface area (Å²) in [6, 6.07) is 2.41. The van der Waals surface area contributed by atoms with E-state index in [1.165, 1.54) is 24.1 Å². The van der Waals surface area contributed by atoms with Gasteiger partial charge in [-0.05, 0) is 26.0 Å². The lowest BCUT2D eigenvalue weighted by molar-refractivity contribution is -0.139. The van der Waals surface area contributed by atoms with Gasteiger partial charge in [0.1, 0.15) is 11.5 Å². The van der Waals surface area contributed by atoms with Gasteiger partial charge in [-0.25, -0.2) is 8.78 Å². The fourth-order valence-corrected chi connectivity index (χ4v) is 1.86. The minimum absolute atomic E-state index is 0.0390. The molecule has 0 aromatic heterocycles. The van der Waals surface area contributed by atoms with Crippen LogP contribution in [-0.4, -0.2) is 30.7 Å². The van der Waals surface area contributed by atoms with E-state index in [-0.39, 0.29) is 28.8 Å². The summed E-state index contributed by atoms with van der Waals surface area (Å²) < 4.78 is 32.5. The van der Waals surface area contributed by atoms with Crippen molar-refractivity contribution in [2.45, 2.75) is 19.9 Å². The number of hydrogen-bond donors (Lipinski definition) is 1. The van der Waals surface area contributed by atoms with Crippen LogP contribution in [-0.2, 0) is 9.53 Å². The summed E-state index contributed by atoms with van der Waals surface area (Å²) in [7, 11) is 1.23. The topological polar surface area (TPSA) is 55.6 Å². The van der Waals surface area contributed by atoms with Gasteiger partial charge in [-0.3, -0.25) is 4.79 Å². The summed E-state index contributed by atoms with van der Waals surface area (Å²) >= 11 is 4.64. The zero-order chi connectivity index (χ0) is 15.4. The van der Waals surface area contributed by atoms with Crippen LogP contribution in [0.5, 0.6) is 0 Å². The predicted octanol–water partition coefficient (Wildman–Crippen LogP) is 1.99. The molecule has 7 heteroatoms. The number of esters is 1. The number of thiocarbonyl (C=S) groups is 1. The number of benzene rings is 1. The number of halogens is 2. The van der Waals surface area contributed by atoms with Gasteiger partial charge in [-0.15, -0.1) is 0 Å². The van der Waals surface area contributed by atoms with Gasteiger partial charge in [-0.2, -0.15) is 0 Å². The Morgan fingerprint density at radius 1 is 1.40 bits per heavy atom. The molecule has 0 aliphatic rings. The summed E-state index contributed by atoms with van der Waals surface area (Å²) in [6.07, 6.45) is 0. The lowest BCUT2D eigenvalue weighted by atomic mass is 10.1. The van der Waals surface area contributed by atoms with E-state index in [4.69, 9.17) is 5.73 Å². The molecule has 0 atom stereocenters. The number of nitrogens with two attached hydrogens (primary N) is 1. The number of anilines is 1. The highest BCUT2D eigenvalue weighted by atomic mass is 32.1. The van der Waals surface area contributed by atoms with Gasteiger partial charge in [0.25, 0.3) is 0 Å². The van der Waals surface area contributed by atoms with E-state index < -0.39 is 17.6 Å². The van der Waals surface area contributed by atoms with Gasteiger partial charge >= 0.3 is 5.97 Å². The van der Waals surface area contributed by atoms with E-state index in [1.54, 1.807) is 13.8 Å². The summed E-state index contributed by atoms with van der Waals surface area (Å²) in [5, 5.41) is 0. The Hall–Kier alpha value is -1.76. The molecular formula is C13H16F2N2O2S. The fraction of sp³-hybridized carbons (Fsp3) is 0.385. The minimum atomic E-state index is -1.12. The van der Waals surface area contributed by atoms with Crippen LogP contribution in [0, 0.1) is 11.6 Å². The van der Waals surface area contributed by atoms with Crippen molar-refractivity contribution < 1.29 is 18.3 Å². The maximum Gasteiger partial charge on any atom is 0.325 e. The first-order valence-electron chi connectivity index (χ1n) is 5.90. The van der Waals surface area contributed by atoms with Crippen LogP contribution in [0.15, 0.2) is 12.1 Å². The van der Waals surface area contributed by atoms with E-state index in [1.807, 2.05) is 0 Å². The predicted molar refractivity (Wildman–Crippen MR) is 76.7 cm³/mol. The van der Waals surface area contributed by atoms with Crippen LogP contribution in [0.1, 0.15) is 19.4 Å². The Morgan fingerprint density at radius 2 is 2.00 bits per heavy atom. The molecule has 0 saturated carbocycles. The zero-order valence-corrected chi connectivity index (χ0v) is 12.3. The molecule has 110 valence electrons. The summed E-state index contributed by atoms with van der Waals surface area (Å²) in [6.45, 7) is 3.32. The monoisotopic (exact) mass is 302 g/mol. The molecule has 0 aliphatic carbocycles. The van der Waals surface area contributed by atoms with Crippen molar-refractivity contribution in [3.63, 3.8) is 0 Å². The summed E-state index contributed by atoms with van der Waals surface area (Å²) in [5.41, 5.74) is 5.11. The highest BCUT2D eigenvalue weighted by molar-refractivity contribution is 7.80. The average Bonchev–Trinajstić information content (AvgIpc) is 2.38. The third-order valence-corrected chi connectivity index (χ3v) is 3.01. The normalized spacial score (nSPS) is 10.5. The molecule has 1 rings (SSSR count). The lowest BCUT2D eigenvalue weighted by Crippen LogP contribution is -2.37. The number of ether oxygens (including phenoxy) is 1. The molecule has 0 radical (unpaired) electrons. The smallest absolute Gasteiger partial charge is 0.325 e. The first-order chi connectivity index (χ1) is 9.29. The van der Waals surface area contributed by atoms with Gasteiger partial charge in [0.2, 0.25) is 0 Å². The van der Waals surface area contributed by atoms with Crippen LogP contribution < -0.4 is 10.6 Å². The SMILES string of the molecule is COC(=O)CN(c1ccc(C(N)=S)c(F)c1F)C(C)C. The molecule has 0 unspecified atom stereocenters. The van der Waals surface area contributed by atoms with Crippen molar-refractivity contribution in [1.82, 2.24) is 0 Å². The number of rotatable bonds is 5. The van der Waals surface area contributed by atoms with Gasteiger partial charge in [0.05, 0.1) is 12.8 Å². The number of methoxy groups -OCH3 is 1. The Morgan fingerprint density at radius 3 is 2.45 bits per heavy atom. The Bertz CT molecular complexity index is 535. The van der Waals surface area contributed by atoms with Crippen molar-refractivity contribution in [2.75, 3.05) is 18.6 Å². The molecule has 0 bridgehead atoms. The van der Waals surface area contributed by atoms with E-state index in [9.17, 15) is 13.6 Å². The van der Waals surface area contributed by atoms with Gasteiger partial charge < -0.3 is 15.4 Å². The molecule has 0 aliphatic heterocycles. The first kappa shape index (κ1) is 16.3. The van der Waals surface area contributed by atoms with Crippen molar-refractivity contribution in [1.29, 1.82) is 0 Å². The summed E-state index contributed by atoms with van der Waals surface area (Å²) in [4.78, 5) is 12.5. The third kappa shape index (κ3) is 3.41. The molecule has 0 spiro atoms. The number of nitrogens with zero attached hydrogens (tertiary/aromatic N) is 1. The van der Waals surface area contributed by atoms with Crippen molar-refractivity contribution in [3.8, 4) is 0 Å². The van der Waals surface area contributed by atoms with Gasteiger partial charge in [0, 0.05) is 11.6 Å². The number of carbonyl (C=O) groups excluding carboxylic acids is 1. The molecule has 0 amide bonds. The number of hydrogen-bond acceptors (Lipinski definition) is 4. The van der Waals surface area contributed by atoms with E-state index >= 15 is 0 Å². The second kappa shape index (κ2) is 6.60. The highest BCUT2D eigenvalue weighted by Crippen LogP contribution is 2.25. The molecule has 4 nitrogen and oxygen atoms in total. The van der Waals surface area contributed by atoms with Crippen molar-refractivity contribution in [3.05, 3.63) is 29.3 Å². The Balaban J connectivity index is 3.25. The van der Waals surface area contributed by atoms with E-state index in [0.29, 0.717) is 0 Å². The quantitative estimate of drug-likeness (QED) is 0.666. The van der Waals surface area contributed by atoms with Crippen LogP contribution >= 0.6 is 12.2 Å². The van der Waals surface area contributed by atoms with Crippen LogP contribution in [0.25, 0.3) is 0 Å². The molecule has 2 N–H and O–H groups in total. The average molecular weight is 302 g/mol. The van der Waals surface area contributed by atoms with Gasteiger partial charge in [-0.1, -0.05) is 12.2 Å². The largest absolute Gasteiger partial charge is 0.468 e. The minimum Gasteiger partial charge on any atom is -0.468 e. The fourth-order valence-electron chi connectivity index (χ4n) is 1.70. The van der Waals surface area contributed by atoms with Crippen molar-refractivity contribution in [2.24, 2.45) is 5.73 Å². The molecule has 1 aromatic carbocycles. The standard InChI is InChI=1S/C13H16F2N2O2S/c1-7(2)17(6-10(18)19-3)9-5-4-8(13(16)20)11(14)12(9)15/h4-5,7H,6H2,1-3H3,(H2,16,20). The number of carbonyl (C=O) groups is 1.